The molecule has 1 aromatic heterocycles. The van der Waals surface area contributed by atoms with Crippen LogP contribution >= 0.6 is 0 Å². The summed E-state index contributed by atoms with van der Waals surface area (Å²) < 4.78 is 15.8. The summed E-state index contributed by atoms with van der Waals surface area (Å²) in [6.45, 7) is 7.57. The van der Waals surface area contributed by atoms with Gasteiger partial charge in [-0.25, -0.2) is 9.13 Å². The largest absolute Gasteiger partial charge is 0.342 e. The molecule has 0 unspecified atom stereocenters. The summed E-state index contributed by atoms with van der Waals surface area (Å²) in [4.78, 5) is 0. The van der Waals surface area contributed by atoms with Crippen molar-refractivity contribution in [3.63, 3.8) is 0 Å². The molecule has 0 fully saturated rings. The maximum atomic E-state index is 5.81. The third-order valence-corrected chi connectivity index (χ3v) is 6.01. The summed E-state index contributed by atoms with van der Waals surface area (Å²) in [5.74, 6) is 0. The van der Waals surface area contributed by atoms with Crippen LogP contribution in [0.1, 0.15) is 129 Å². The molecule has 0 saturated carbocycles. The van der Waals surface area contributed by atoms with Crippen LogP contribution in [0.3, 0.4) is 0 Å². The Kier molecular flexibility index (Phi) is 20.3. The van der Waals surface area contributed by atoms with E-state index in [2.05, 4.69) is 41.7 Å². The lowest BCUT2D eigenvalue weighted by molar-refractivity contribution is -0.732. The topological polar surface area (TPSA) is 27.3 Å². The van der Waals surface area contributed by atoms with Crippen molar-refractivity contribution in [3.8, 4) is 0 Å². The molecule has 1 rings (SSSR count). The van der Waals surface area contributed by atoms with Crippen LogP contribution in [0, 0.1) is 0 Å². The van der Waals surface area contributed by atoms with E-state index in [1.165, 1.54) is 116 Å². The Morgan fingerprint density at radius 2 is 1.03 bits per heavy atom. The van der Waals surface area contributed by atoms with Crippen molar-refractivity contribution in [1.29, 1.82) is 0 Å². The molecule has 182 valence electrons. The first kappa shape index (κ1) is 28.2. The molecule has 31 heavy (non-hydrogen) atoms. The van der Waals surface area contributed by atoms with Gasteiger partial charge in [0, 0.05) is 0 Å². The first-order chi connectivity index (χ1) is 15.4. The van der Waals surface area contributed by atoms with E-state index >= 15 is 0 Å². The van der Waals surface area contributed by atoms with Crippen molar-refractivity contribution in [3.05, 3.63) is 18.7 Å². The second kappa shape index (κ2) is 22.3. The first-order valence-corrected chi connectivity index (χ1v) is 13.6. The smallest absolute Gasteiger partial charge is 0.247 e. The van der Waals surface area contributed by atoms with E-state index in [1.54, 1.807) is 0 Å². The molecule has 0 aliphatic heterocycles. The van der Waals surface area contributed by atoms with Gasteiger partial charge in [0.2, 0.25) is 6.33 Å². The summed E-state index contributed by atoms with van der Waals surface area (Å²) in [7, 11) is 0. The van der Waals surface area contributed by atoms with Crippen LogP contribution in [0.5, 0.6) is 0 Å². The van der Waals surface area contributed by atoms with Crippen LogP contribution < -0.4 is 4.57 Å². The highest BCUT2D eigenvalue weighted by Gasteiger charge is 2.03. The fourth-order valence-corrected chi connectivity index (χ4v) is 3.96. The van der Waals surface area contributed by atoms with Gasteiger partial charge in [-0.2, -0.15) is 0 Å². The number of ether oxygens (including phenoxy) is 2. The lowest BCUT2D eigenvalue weighted by atomic mass is 10.1. The highest BCUT2D eigenvalue weighted by Crippen LogP contribution is 2.10. The van der Waals surface area contributed by atoms with Crippen molar-refractivity contribution in [2.24, 2.45) is 0 Å². The van der Waals surface area contributed by atoms with Crippen molar-refractivity contribution in [2.45, 2.75) is 143 Å². The predicted molar refractivity (Wildman–Crippen MR) is 131 cm³/mol. The number of hydrogen-bond acceptors (Lipinski definition) is 2. The minimum absolute atomic E-state index is 0.641. The van der Waals surface area contributed by atoms with Crippen LogP contribution in [-0.4, -0.2) is 17.8 Å². The highest BCUT2D eigenvalue weighted by atomic mass is 16.5. The number of rotatable bonds is 24. The molecule has 1 aromatic rings. The Morgan fingerprint density at radius 1 is 0.581 bits per heavy atom. The molecule has 0 N–H and O–H groups in total. The Balaban J connectivity index is 1.86. The summed E-state index contributed by atoms with van der Waals surface area (Å²) in [6, 6.07) is 0. The molecule has 0 atom stereocenters. The summed E-state index contributed by atoms with van der Waals surface area (Å²) in [6.07, 6.45) is 30.6. The Hall–Kier alpha value is -0.870. The number of unbranched alkanes of at least 4 members (excludes halogenated alkanes) is 16. The van der Waals surface area contributed by atoms with E-state index in [0.717, 1.165) is 13.2 Å². The second-order valence-electron chi connectivity index (χ2n) is 9.17. The highest BCUT2D eigenvalue weighted by molar-refractivity contribution is 4.63. The number of imidazole rings is 1. The monoisotopic (exact) mass is 437 g/mol. The maximum Gasteiger partial charge on any atom is 0.247 e. The van der Waals surface area contributed by atoms with E-state index in [1.807, 2.05) is 0 Å². The molecule has 4 heteroatoms. The zero-order valence-electron chi connectivity index (χ0n) is 21.0. The zero-order chi connectivity index (χ0) is 22.2. The van der Waals surface area contributed by atoms with E-state index in [9.17, 15) is 0 Å². The Labute approximate surface area is 193 Å². The van der Waals surface area contributed by atoms with Crippen molar-refractivity contribution >= 4 is 0 Å². The quantitative estimate of drug-likeness (QED) is 0.122. The molecule has 1 heterocycles. The molecule has 0 bridgehead atoms. The first-order valence-electron chi connectivity index (χ1n) is 13.6. The van der Waals surface area contributed by atoms with Crippen LogP contribution in [0.25, 0.3) is 0 Å². The Bertz CT molecular complexity index is 435. The molecular formula is C27H53N2O2+. The minimum Gasteiger partial charge on any atom is -0.342 e. The lowest BCUT2D eigenvalue weighted by Gasteiger charge is -2.03. The lowest BCUT2D eigenvalue weighted by Crippen LogP contribution is -2.32. The van der Waals surface area contributed by atoms with Gasteiger partial charge < -0.3 is 9.47 Å². The van der Waals surface area contributed by atoms with Crippen LogP contribution in [0.15, 0.2) is 18.7 Å². The fourth-order valence-electron chi connectivity index (χ4n) is 3.96. The number of nitrogens with zero attached hydrogens (tertiary/aromatic N) is 2. The van der Waals surface area contributed by atoms with Gasteiger partial charge in [-0.05, 0) is 12.8 Å². The van der Waals surface area contributed by atoms with Gasteiger partial charge in [0.05, 0.1) is 13.2 Å². The summed E-state index contributed by atoms with van der Waals surface area (Å²) >= 11 is 0. The predicted octanol–water partition coefficient (Wildman–Crippen LogP) is 7.79. The van der Waals surface area contributed by atoms with Gasteiger partial charge >= 0.3 is 0 Å². The van der Waals surface area contributed by atoms with Crippen LogP contribution in [-0.2, 0) is 22.9 Å². The molecule has 0 radical (unpaired) electrons. The van der Waals surface area contributed by atoms with Gasteiger partial charge in [-0.1, -0.05) is 117 Å². The van der Waals surface area contributed by atoms with Gasteiger partial charge in [0.15, 0.2) is 13.5 Å². The molecule has 0 amide bonds. The SMILES string of the molecule is CCCCCCCCCCCOCn1cc[n+](COCCCCCCCCCCC)c1. The van der Waals surface area contributed by atoms with Crippen LogP contribution in [0.4, 0.5) is 0 Å². The standard InChI is InChI=1S/C27H53N2O2/c1-3-5-7-9-11-13-15-17-19-23-30-26-28-21-22-29(25-28)27-31-24-20-18-16-14-12-10-8-6-4-2/h21-22,25H,3-20,23-24,26-27H2,1-2H3/q+1. The van der Waals surface area contributed by atoms with Gasteiger partial charge in [-0.15, -0.1) is 0 Å². The average Bonchev–Trinajstić information content (AvgIpc) is 3.23. The number of aromatic nitrogens is 2. The third kappa shape index (κ3) is 18.4. The third-order valence-electron chi connectivity index (χ3n) is 6.01. The molecule has 0 spiro atoms. The van der Waals surface area contributed by atoms with E-state index in [-0.39, 0.29) is 0 Å². The van der Waals surface area contributed by atoms with Gasteiger partial charge in [-0.3, -0.25) is 0 Å². The number of hydrogen-bond donors (Lipinski definition) is 0. The average molecular weight is 438 g/mol. The van der Waals surface area contributed by atoms with Crippen molar-refractivity contribution in [2.75, 3.05) is 13.2 Å². The van der Waals surface area contributed by atoms with Crippen molar-refractivity contribution in [1.82, 2.24) is 4.57 Å². The molecule has 0 aliphatic rings. The molecule has 4 nitrogen and oxygen atoms in total. The zero-order valence-corrected chi connectivity index (χ0v) is 21.0. The normalized spacial score (nSPS) is 11.4. The molecule has 0 aromatic carbocycles. The summed E-state index contributed by atoms with van der Waals surface area (Å²) in [5, 5.41) is 0. The Morgan fingerprint density at radius 3 is 1.55 bits per heavy atom. The van der Waals surface area contributed by atoms with E-state index in [4.69, 9.17) is 9.47 Å². The van der Waals surface area contributed by atoms with Crippen LogP contribution in [0.2, 0.25) is 0 Å². The fraction of sp³-hybridized carbons (Fsp3) is 0.889. The van der Waals surface area contributed by atoms with Crippen molar-refractivity contribution < 1.29 is 14.0 Å². The van der Waals surface area contributed by atoms with Gasteiger partial charge in [0.1, 0.15) is 12.4 Å². The molecular weight excluding hydrogens is 384 g/mol. The van der Waals surface area contributed by atoms with E-state index in [0.29, 0.717) is 13.5 Å². The van der Waals surface area contributed by atoms with E-state index < -0.39 is 0 Å². The molecule has 0 aliphatic carbocycles. The maximum absolute atomic E-state index is 5.81. The summed E-state index contributed by atoms with van der Waals surface area (Å²) in [5.41, 5.74) is 0. The minimum atomic E-state index is 0.641. The molecule has 0 saturated heterocycles. The second-order valence-corrected chi connectivity index (χ2v) is 9.17. The van der Waals surface area contributed by atoms with Gasteiger partial charge in [0.25, 0.3) is 0 Å².